The fourth-order valence-electron chi connectivity index (χ4n) is 3.50. The van der Waals surface area contributed by atoms with Crippen LogP contribution in [0.5, 0.6) is 0 Å². The number of piperidine rings is 1. The van der Waals surface area contributed by atoms with Crippen LogP contribution in [0.15, 0.2) is 6.20 Å². The van der Waals surface area contributed by atoms with Crippen LogP contribution < -0.4 is 0 Å². The molecule has 0 atom stereocenters. The number of carbonyl (C=O) groups is 3. The standard InChI is InChI=1S/C15H20N6O3/c1-18-8-12(16-17-18)14(23)19-6-4-10(5-7-19)20-9-13(22)21(15(20)24)11-2-3-11/h8,10-11H,2-7,9H2,1H3. The average Bonchev–Trinajstić information content (AvgIpc) is 3.24. The van der Waals surface area contributed by atoms with E-state index in [1.807, 2.05) is 0 Å². The van der Waals surface area contributed by atoms with Gasteiger partial charge in [-0.25, -0.2) is 4.79 Å². The van der Waals surface area contributed by atoms with Crippen LogP contribution >= 0.6 is 0 Å². The van der Waals surface area contributed by atoms with E-state index in [0.29, 0.717) is 31.6 Å². The molecule has 1 saturated carbocycles. The zero-order valence-electron chi connectivity index (χ0n) is 13.6. The Labute approximate surface area is 139 Å². The molecular weight excluding hydrogens is 312 g/mol. The van der Waals surface area contributed by atoms with Gasteiger partial charge in [0, 0.05) is 32.2 Å². The third-order valence-corrected chi connectivity index (χ3v) is 4.95. The molecule has 2 aliphatic heterocycles. The van der Waals surface area contributed by atoms with E-state index in [9.17, 15) is 14.4 Å². The maximum atomic E-state index is 12.5. The van der Waals surface area contributed by atoms with E-state index in [0.717, 1.165) is 12.8 Å². The molecule has 0 bridgehead atoms. The van der Waals surface area contributed by atoms with Crippen molar-refractivity contribution >= 4 is 17.8 Å². The van der Waals surface area contributed by atoms with Crippen molar-refractivity contribution in [3.63, 3.8) is 0 Å². The molecule has 0 unspecified atom stereocenters. The molecule has 4 rings (SSSR count). The van der Waals surface area contributed by atoms with Crippen LogP contribution in [0.2, 0.25) is 0 Å². The van der Waals surface area contributed by atoms with Crippen LogP contribution in [0.4, 0.5) is 4.79 Å². The summed E-state index contributed by atoms with van der Waals surface area (Å²) >= 11 is 0. The lowest BCUT2D eigenvalue weighted by Gasteiger charge is -2.35. The van der Waals surface area contributed by atoms with Gasteiger partial charge in [-0.2, -0.15) is 0 Å². The second-order valence-electron chi connectivity index (χ2n) is 6.71. The molecule has 128 valence electrons. The molecule has 1 aromatic heterocycles. The summed E-state index contributed by atoms with van der Waals surface area (Å²) in [5.41, 5.74) is 0.336. The third-order valence-electron chi connectivity index (χ3n) is 4.95. The molecular formula is C15H20N6O3. The molecule has 0 aromatic carbocycles. The van der Waals surface area contributed by atoms with Crippen LogP contribution in [0.1, 0.15) is 36.2 Å². The van der Waals surface area contributed by atoms with Crippen LogP contribution in [0.3, 0.4) is 0 Å². The first-order valence-electron chi connectivity index (χ1n) is 8.33. The fraction of sp³-hybridized carbons (Fsp3) is 0.667. The van der Waals surface area contributed by atoms with Gasteiger partial charge >= 0.3 is 6.03 Å². The van der Waals surface area contributed by atoms with Gasteiger partial charge in [0.25, 0.3) is 11.8 Å². The van der Waals surface area contributed by atoms with E-state index in [1.54, 1.807) is 23.0 Å². The van der Waals surface area contributed by atoms with Crippen molar-refractivity contribution in [1.29, 1.82) is 0 Å². The maximum Gasteiger partial charge on any atom is 0.327 e. The molecule has 3 fully saturated rings. The number of aromatic nitrogens is 3. The summed E-state index contributed by atoms with van der Waals surface area (Å²) in [5, 5.41) is 7.63. The van der Waals surface area contributed by atoms with E-state index in [2.05, 4.69) is 10.3 Å². The van der Waals surface area contributed by atoms with E-state index in [4.69, 9.17) is 0 Å². The summed E-state index contributed by atoms with van der Waals surface area (Å²) in [6.45, 7) is 1.29. The van der Waals surface area contributed by atoms with E-state index >= 15 is 0 Å². The highest BCUT2D eigenvalue weighted by atomic mass is 16.2. The van der Waals surface area contributed by atoms with Crippen LogP contribution in [-0.2, 0) is 11.8 Å². The zero-order valence-corrected chi connectivity index (χ0v) is 13.6. The first kappa shape index (κ1) is 15.1. The second-order valence-corrected chi connectivity index (χ2v) is 6.71. The lowest BCUT2D eigenvalue weighted by molar-refractivity contribution is -0.125. The quantitative estimate of drug-likeness (QED) is 0.718. The highest BCUT2D eigenvalue weighted by Crippen LogP contribution is 2.32. The van der Waals surface area contributed by atoms with Crippen molar-refractivity contribution < 1.29 is 14.4 Å². The predicted octanol–water partition coefficient (Wildman–Crippen LogP) is -0.154. The van der Waals surface area contributed by atoms with Gasteiger partial charge in [0.1, 0.15) is 6.54 Å². The van der Waals surface area contributed by atoms with Crippen molar-refractivity contribution in [2.45, 2.75) is 37.8 Å². The van der Waals surface area contributed by atoms with Crippen molar-refractivity contribution in [1.82, 2.24) is 29.7 Å². The van der Waals surface area contributed by atoms with Crippen molar-refractivity contribution in [3.05, 3.63) is 11.9 Å². The zero-order chi connectivity index (χ0) is 16.8. The van der Waals surface area contributed by atoms with Gasteiger partial charge in [-0.05, 0) is 25.7 Å². The number of nitrogens with zero attached hydrogens (tertiary/aromatic N) is 6. The Morgan fingerprint density at radius 1 is 1.12 bits per heavy atom. The molecule has 0 spiro atoms. The summed E-state index contributed by atoms with van der Waals surface area (Å²) in [4.78, 5) is 41.8. The van der Waals surface area contributed by atoms with Crippen molar-refractivity contribution in [3.8, 4) is 0 Å². The number of imide groups is 1. The number of aryl methyl sites for hydroxylation is 1. The molecule has 1 aromatic rings. The summed E-state index contributed by atoms with van der Waals surface area (Å²) < 4.78 is 1.50. The van der Waals surface area contributed by atoms with Gasteiger partial charge < -0.3 is 9.80 Å². The van der Waals surface area contributed by atoms with Gasteiger partial charge in [0.05, 0.1) is 6.20 Å². The molecule has 0 N–H and O–H groups in total. The van der Waals surface area contributed by atoms with E-state index in [1.165, 1.54) is 9.58 Å². The van der Waals surface area contributed by atoms with Crippen molar-refractivity contribution in [2.24, 2.45) is 7.05 Å². The first-order chi connectivity index (χ1) is 11.5. The summed E-state index contributed by atoms with van der Waals surface area (Å²) in [6, 6.07) is -0.00867. The SMILES string of the molecule is Cn1cc(C(=O)N2CCC(N3CC(=O)N(C4CC4)C3=O)CC2)nn1. The minimum absolute atomic E-state index is 0.0242. The summed E-state index contributed by atoms with van der Waals surface area (Å²) in [5.74, 6) is -0.217. The minimum atomic E-state index is -0.152. The smallest absolute Gasteiger partial charge is 0.327 e. The molecule has 9 nitrogen and oxygen atoms in total. The fourth-order valence-corrected chi connectivity index (χ4v) is 3.50. The number of likely N-dealkylation sites (tertiary alicyclic amines) is 1. The Morgan fingerprint density at radius 2 is 1.83 bits per heavy atom. The number of carbonyl (C=O) groups excluding carboxylic acids is 3. The number of amides is 4. The van der Waals surface area contributed by atoms with Gasteiger partial charge in [-0.1, -0.05) is 5.21 Å². The molecule has 2 saturated heterocycles. The van der Waals surface area contributed by atoms with Crippen LogP contribution in [0.25, 0.3) is 0 Å². The van der Waals surface area contributed by atoms with Crippen LogP contribution in [0, 0.1) is 0 Å². The molecule has 4 amide bonds. The Kier molecular flexibility index (Phi) is 3.50. The van der Waals surface area contributed by atoms with Crippen molar-refractivity contribution in [2.75, 3.05) is 19.6 Å². The molecule has 1 aliphatic carbocycles. The van der Waals surface area contributed by atoms with Gasteiger partial charge in [-0.15, -0.1) is 5.10 Å². The number of hydrogen-bond donors (Lipinski definition) is 0. The van der Waals surface area contributed by atoms with Gasteiger partial charge in [0.2, 0.25) is 0 Å². The molecule has 3 heterocycles. The molecule has 9 heteroatoms. The highest BCUT2D eigenvalue weighted by Gasteiger charge is 2.47. The van der Waals surface area contributed by atoms with Gasteiger partial charge in [-0.3, -0.25) is 19.2 Å². The monoisotopic (exact) mass is 332 g/mol. The van der Waals surface area contributed by atoms with Gasteiger partial charge in [0.15, 0.2) is 5.69 Å². The molecule has 24 heavy (non-hydrogen) atoms. The number of rotatable bonds is 3. The van der Waals surface area contributed by atoms with E-state index in [-0.39, 0.29) is 36.5 Å². The van der Waals surface area contributed by atoms with E-state index < -0.39 is 0 Å². The highest BCUT2D eigenvalue weighted by molar-refractivity contribution is 6.02. The normalized spacial score (nSPS) is 22.6. The Bertz CT molecular complexity index is 689. The molecule has 0 radical (unpaired) electrons. The predicted molar refractivity (Wildman–Crippen MR) is 81.9 cm³/mol. The summed E-state index contributed by atoms with van der Waals surface area (Å²) in [7, 11) is 1.72. The largest absolute Gasteiger partial charge is 0.337 e. The number of hydrogen-bond acceptors (Lipinski definition) is 5. The maximum absolute atomic E-state index is 12.5. The first-order valence-corrected chi connectivity index (χ1v) is 8.33. The summed E-state index contributed by atoms with van der Waals surface area (Å²) in [6.07, 6.45) is 4.82. The second kappa shape index (κ2) is 5.57. The lowest BCUT2D eigenvalue weighted by atomic mass is 10.0. The Hall–Kier alpha value is -2.45. The third kappa shape index (κ3) is 2.53. The Balaban J connectivity index is 1.37. The van der Waals surface area contributed by atoms with Crippen LogP contribution in [-0.4, -0.2) is 79.3 Å². The average molecular weight is 332 g/mol. The number of urea groups is 1. The lowest BCUT2D eigenvalue weighted by Crippen LogP contribution is -2.48. The Morgan fingerprint density at radius 3 is 2.42 bits per heavy atom. The topological polar surface area (TPSA) is 91.6 Å². The molecule has 3 aliphatic rings. The minimum Gasteiger partial charge on any atom is -0.337 e.